The Balaban J connectivity index is 1.45. The first-order valence-electron chi connectivity index (χ1n) is 13.0. The fourth-order valence-electron chi connectivity index (χ4n) is 5.79. The highest BCUT2D eigenvalue weighted by Gasteiger charge is 2.53. The summed E-state index contributed by atoms with van der Waals surface area (Å²) in [5.41, 5.74) is 3.23. The number of hydrogen-bond donors (Lipinski definition) is 4. The third kappa shape index (κ3) is 4.32. The van der Waals surface area contributed by atoms with Gasteiger partial charge in [0.15, 0.2) is 6.04 Å². The largest absolute Gasteiger partial charge is 0.480 e. The lowest BCUT2D eigenvalue weighted by molar-refractivity contribution is -0.141. The molecule has 0 spiro atoms. The first-order valence-corrected chi connectivity index (χ1v) is 13.4. The SMILES string of the molecule is CC(O)C(NC(=O)c1ccccc1N1C(=O)C2Cc3c([nH]c4ccccc34)C(c3cccc(Cl)c3)N2C1=O)C(=O)O. The molecule has 0 aliphatic carbocycles. The van der Waals surface area contributed by atoms with E-state index >= 15 is 0 Å². The van der Waals surface area contributed by atoms with Gasteiger partial charge in [-0.1, -0.05) is 54.1 Å². The van der Waals surface area contributed by atoms with Gasteiger partial charge in [0.1, 0.15) is 12.1 Å². The number of imide groups is 1. The summed E-state index contributed by atoms with van der Waals surface area (Å²) < 4.78 is 0. The van der Waals surface area contributed by atoms with Crippen LogP contribution in [0.3, 0.4) is 0 Å². The Bertz CT molecular complexity index is 1730. The van der Waals surface area contributed by atoms with E-state index in [2.05, 4.69) is 10.3 Å². The lowest BCUT2D eigenvalue weighted by Crippen LogP contribution is -2.48. The van der Waals surface area contributed by atoms with Gasteiger partial charge >= 0.3 is 12.0 Å². The molecule has 1 aromatic heterocycles. The van der Waals surface area contributed by atoms with E-state index in [-0.39, 0.29) is 17.7 Å². The van der Waals surface area contributed by atoms with Gasteiger partial charge in [-0.05, 0) is 48.4 Å². The van der Waals surface area contributed by atoms with E-state index in [1.54, 1.807) is 30.3 Å². The van der Waals surface area contributed by atoms with E-state index < -0.39 is 48.0 Å². The van der Waals surface area contributed by atoms with Crippen molar-refractivity contribution in [3.05, 3.63) is 100 Å². The van der Waals surface area contributed by atoms with E-state index in [4.69, 9.17) is 11.6 Å². The van der Waals surface area contributed by atoms with E-state index in [1.165, 1.54) is 24.0 Å². The van der Waals surface area contributed by atoms with Crippen LogP contribution in [0.4, 0.5) is 10.5 Å². The lowest BCUT2D eigenvalue weighted by atomic mass is 9.89. The first kappa shape index (κ1) is 26.5. The number of aliphatic hydroxyl groups excluding tert-OH is 1. The molecule has 3 heterocycles. The summed E-state index contributed by atoms with van der Waals surface area (Å²) in [5, 5.41) is 23.0. The summed E-state index contributed by atoms with van der Waals surface area (Å²) in [5.74, 6) is -2.78. The maximum Gasteiger partial charge on any atom is 0.332 e. The van der Waals surface area contributed by atoms with Gasteiger partial charge in [-0.15, -0.1) is 0 Å². The second kappa shape index (κ2) is 10.1. The third-order valence-corrected chi connectivity index (χ3v) is 7.87. The van der Waals surface area contributed by atoms with Crippen LogP contribution in [-0.2, 0) is 16.0 Å². The van der Waals surface area contributed by atoms with Crippen molar-refractivity contribution in [1.29, 1.82) is 0 Å². The summed E-state index contributed by atoms with van der Waals surface area (Å²) in [4.78, 5) is 58.9. The zero-order chi connectivity index (χ0) is 29.0. The monoisotopic (exact) mass is 572 g/mol. The van der Waals surface area contributed by atoms with E-state index in [0.29, 0.717) is 10.6 Å². The Kier molecular flexibility index (Phi) is 6.51. The molecule has 0 radical (unpaired) electrons. The maximum absolute atomic E-state index is 14.2. The number of aliphatic carboxylic acids is 1. The number of benzene rings is 3. The Morgan fingerprint density at radius 3 is 2.51 bits per heavy atom. The van der Waals surface area contributed by atoms with Crippen LogP contribution in [0.25, 0.3) is 10.9 Å². The van der Waals surface area contributed by atoms with E-state index in [9.17, 15) is 29.4 Å². The van der Waals surface area contributed by atoms with Gasteiger partial charge in [0.05, 0.1) is 17.4 Å². The van der Waals surface area contributed by atoms with Crippen molar-refractivity contribution in [3.63, 3.8) is 0 Å². The quantitative estimate of drug-likeness (QED) is 0.258. The first-order chi connectivity index (χ1) is 19.7. The van der Waals surface area contributed by atoms with Gasteiger partial charge in [-0.25, -0.2) is 14.5 Å². The Hall–Kier alpha value is -4.67. The minimum atomic E-state index is -1.59. The van der Waals surface area contributed by atoms with Crippen LogP contribution in [0.5, 0.6) is 0 Å². The molecule has 208 valence electrons. The molecule has 0 saturated carbocycles. The third-order valence-electron chi connectivity index (χ3n) is 7.64. The fourth-order valence-corrected chi connectivity index (χ4v) is 5.99. The van der Waals surface area contributed by atoms with Crippen LogP contribution in [0, 0.1) is 0 Å². The second-order valence-electron chi connectivity index (χ2n) is 10.2. The topological polar surface area (TPSA) is 143 Å². The number of nitrogens with zero attached hydrogens (tertiary/aromatic N) is 2. The molecule has 1 fully saturated rings. The van der Waals surface area contributed by atoms with Gasteiger partial charge in [0.25, 0.3) is 11.8 Å². The Morgan fingerprint density at radius 1 is 1.05 bits per heavy atom. The molecule has 4 atom stereocenters. The predicted molar refractivity (Wildman–Crippen MR) is 151 cm³/mol. The number of halogens is 1. The fraction of sp³-hybridized carbons (Fsp3) is 0.200. The number of hydrogen-bond acceptors (Lipinski definition) is 5. The number of para-hydroxylation sites is 2. The highest BCUT2D eigenvalue weighted by Crippen LogP contribution is 2.45. The minimum absolute atomic E-state index is 0.0162. The number of rotatable bonds is 6. The van der Waals surface area contributed by atoms with E-state index in [1.807, 2.05) is 30.3 Å². The Labute approximate surface area is 239 Å². The molecule has 6 rings (SSSR count). The van der Waals surface area contributed by atoms with Crippen molar-refractivity contribution in [2.45, 2.75) is 37.6 Å². The number of H-pyrrole nitrogens is 1. The van der Waals surface area contributed by atoms with Crippen LogP contribution in [0.2, 0.25) is 5.02 Å². The summed E-state index contributed by atoms with van der Waals surface area (Å²) >= 11 is 6.35. The molecular weight excluding hydrogens is 548 g/mol. The molecule has 4 N–H and O–H groups in total. The molecule has 4 aromatic rings. The number of carboxylic acids is 1. The molecule has 2 aliphatic rings. The highest BCUT2D eigenvalue weighted by molar-refractivity contribution is 6.30. The van der Waals surface area contributed by atoms with Crippen molar-refractivity contribution in [2.75, 3.05) is 4.90 Å². The average molecular weight is 573 g/mol. The van der Waals surface area contributed by atoms with Crippen molar-refractivity contribution in [2.24, 2.45) is 0 Å². The summed E-state index contributed by atoms with van der Waals surface area (Å²) in [6.45, 7) is 1.24. The molecule has 4 amide bonds. The molecular formula is C30H25ClN4O6. The molecule has 3 aromatic carbocycles. The number of aliphatic hydroxyl groups is 1. The summed E-state index contributed by atoms with van der Waals surface area (Å²) in [7, 11) is 0. The van der Waals surface area contributed by atoms with Gasteiger partial charge in [-0.2, -0.15) is 0 Å². The van der Waals surface area contributed by atoms with Crippen molar-refractivity contribution < 1.29 is 29.4 Å². The zero-order valence-electron chi connectivity index (χ0n) is 21.7. The Morgan fingerprint density at radius 2 is 1.78 bits per heavy atom. The number of nitrogens with one attached hydrogen (secondary N) is 2. The number of urea groups is 1. The molecule has 4 unspecified atom stereocenters. The molecule has 10 nitrogen and oxygen atoms in total. The number of carbonyl (C=O) groups excluding carboxylic acids is 3. The van der Waals surface area contributed by atoms with Crippen molar-refractivity contribution >= 4 is 52.0 Å². The molecule has 2 aliphatic heterocycles. The normalized spacial score (nSPS) is 19.6. The van der Waals surface area contributed by atoms with Crippen LogP contribution >= 0.6 is 11.6 Å². The van der Waals surface area contributed by atoms with Crippen molar-refractivity contribution in [3.8, 4) is 0 Å². The zero-order valence-corrected chi connectivity index (χ0v) is 22.5. The van der Waals surface area contributed by atoms with Crippen LogP contribution in [0.15, 0.2) is 72.8 Å². The lowest BCUT2D eigenvalue weighted by Gasteiger charge is -2.36. The minimum Gasteiger partial charge on any atom is -0.480 e. The van der Waals surface area contributed by atoms with Gasteiger partial charge < -0.3 is 20.5 Å². The van der Waals surface area contributed by atoms with Crippen LogP contribution in [-0.4, -0.2) is 62.1 Å². The predicted octanol–water partition coefficient (Wildman–Crippen LogP) is 3.87. The van der Waals surface area contributed by atoms with Gasteiger partial charge in [0.2, 0.25) is 0 Å². The summed E-state index contributed by atoms with van der Waals surface area (Å²) in [6.07, 6.45) is -1.12. The second-order valence-corrected chi connectivity index (χ2v) is 10.6. The standard InChI is InChI=1S/C30H25ClN4O6/c1-15(36)24(29(39)40)33-27(37)19-10-3-5-12-22(19)35-28(38)23-14-20-18-9-2-4-11-21(18)32-25(20)26(34(23)30(35)41)16-7-6-8-17(31)13-16/h2-13,15,23-24,26,32,36H,14H2,1H3,(H,33,37)(H,39,40). The number of carboxylic acid groups (broad SMARTS) is 1. The van der Waals surface area contributed by atoms with Crippen molar-refractivity contribution in [1.82, 2.24) is 15.2 Å². The molecule has 1 saturated heterocycles. The molecule has 41 heavy (non-hydrogen) atoms. The van der Waals surface area contributed by atoms with Gasteiger partial charge in [0, 0.05) is 28.0 Å². The number of aromatic nitrogens is 1. The summed E-state index contributed by atoms with van der Waals surface area (Å²) in [6, 6.07) is 17.1. The van der Waals surface area contributed by atoms with Crippen LogP contribution in [0.1, 0.15) is 40.1 Å². The average Bonchev–Trinajstić information content (AvgIpc) is 3.44. The highest BCUT2D eigenvalue weighted by atomic mass is 35.5. The number of carbonyl (C=O) groups is 4. The van der Waals surface area contributed by atoms with E-state index in [0.717, 1.165) is 27.1 Å². The van der Waals surface area contributed by atoms with Crippen LogP contribution < -0.4 is 10.2 Å². The molecule has 11 heteroatoms. The number of anilines is 1. The number of aromatic amines is 1. The maximum atomic E-state index is 14.2. The smallest absolute Gasteiger partial charge is 0.332 e. The number of fused-ring (bicyclic) bond motifs is 4. The number of amides is 4. The molecule has 0 bridgehead atoms. The van der Waals surface area contributed by atoms with Gasteiger partial charge in [-0.3, -0.25) is 14.5 Å².